The highest BCUT2D eigenvalue weighted by Crippen LogP contribution is 2.46. The highest BCUT2D eigenvalue weighted by atomic mass is 32.1. The number of allylic oxidation sites excluding steroid dienone is 1. The number of amides is 2. The van der Waals surface area contributed by atoms with Crippen molar-refractivity contribution in [3.05, 3.63) is 76.1 Å². The van der Waals surface area contributed by atoms with Crippen LogP contribution >= 0.6 is 11.3 Å². The van der Waals surface area contributed by atoms with Crippen molar-refractivity contribution in [2.24, 2.45) is 0 Å². The second-order valence-electron chi connectivity index (χ2n) is 8.13. The van der Waals surface area contributed by atoms with Gasteiger partial charge in [-0.1, -0.05) is 18.2 Å². The number of carbonyl (C=O) groups excluding carboxylic acids is 2. The van der Waals surface area contributed by atoms with E-state index in [0.717, 1.165) is 29.1 Å². The van der Waals surface area contributed by atoms with Crippen LogP contribution in [-0.2, 0) is 4.79 Å². The van der Waals surface area contributed by atoms with Crippen molar-refractivity contribution in [1.29, 1.82) is 0 Å². The second kappa shape index (κ2) is 9.23. The number of nitrogens with zero attached hydrogens (tertiary/aromatic N) is 1. The Morgan fingerprint density at radius 2 is 1.82 bits per heavy atom. The van der Waals surface area contributed by atoms with E-state index in [1.54, 1.807) is 37.3 Å². The van der Waals surface area contributed by atoms with Crippen LogP contribution in [0.5, 0.6) is 11.5 Å². The van der Waals surface area contributed by atoms with E-state index >= 15 is 0 Å². The molecule has 2 aromatic carbocycles. The van der Waals surface area contributed by atoms with Crippen LogP contribution in [-0.4, -0.2) is 26.0 Å². The molecule has 5 rings (SSSR count). The van der Waals surface area contributed by atoms with Gasteiger partial charge in [0.2, 0.25) is 0 Å². The summed E-state index contributed by atoms with van der Waals surface area (Å²) in [5.74, 6) is 1.20. The molecule has 0 saturated carbocycles. The van der Waals surface area contributed by atoms with Gasteiger partial charge in [0.15, 0.2) is 5.78 Å². The number of ether oxygens (including phenoxy) is 2. The topological polar surface area (TPSA) is 79.9 Å². The number of hydrogen-bond donors (Lipinski definition) is 2. The van der Waals surface area contributed by atoms with Gasteiger partial charge in [-0.3, -0.25) is 9.69 Å². The lowest BCUT2D eigenvalue weighted by molar-refractivity contribution is -0.116. The third-order valence-corrected chi connectivity index (χ3v) is 7.00. The second-order valence-corrected chi connectivity index (χ2v) is 9.11. The Bertz CT molecular complexity index is 1250. The lowest BCUT2D eigenvalue weighted by atomic mass is 9.88. The highest BCUT2D eigenvalue weighted by molar-refractivity contribution is 7.10. The summed E-state index contributed by atoms with van der Waals surface area (Å²) in [5.41, 5.74) is 3.58. The SMILES string of the molecule is COc1cc(NC(=O)N2c3ccccc3NC3=C(C(=O)CCC3)C2c2cccs2)cc(OC)c1. The fourth-order valence-electron chi connectivity index (χ4n) is 4.54. The molecule has 174 valence electrons. The number of rotatable bonds is 4. The number of thiophene rings is 1. The van der Waals surface area contributed by atoms with Crippen molar-refractivity contribution in [1.82, 2.24) is 0 Å². The van der Waals surface area contributed by atoms with Crippen molar-refractivity contribution in [2.45, 2.75) is 25.3 Å². The van der Waals surface area contributed by atoms with Crippen LogP contribution in [0.3, 0.4) is 0 Å². The summed E-state index contributed by atoms with van der Waals surface area (Å²) in [6.45, 7) is 0. The number of urea groups is 1. The number of nitrogens with one attached hydrogen (secondary N) is 2. The van der Waals surface area contributed by atoms with Crippen molar-refractivity contribution in [3.8, 4) is 11.5 Å². The fraction of sp³-hybridized carbons (Fsp3) is 0.231. The molecule has 1 aliphatic carbocycles. The Morgan fingerprint density at radius 1 is 1.06 bits per heavy atom. The Kier molecular flexibility index (Phi) is 5.98. The highest BCUT2D eigenvalue weighted by Gasteiger charge is 2.40. The van der Waals surface area contributed by atoms with Crippen LogP contribution in [0, 0.1) is 0 Å². The van der Waals surface area contributed by atoms with E-state index in [1.165, 1.54) is 11.3 Å². The molecular weight excluding hydrogens is 450 g/mol. The van der Waals surface area contributed by atoms with Crippen LogP contribution in [0.25, 0.3) is 0 Å². The van der Waals surface area contributed by atoms with E-state index in [9.17, 15) is 9.59 Å². The molecule has 0 radical (unpaired) electrons. The molecule has 8 heteroatoms. The zero-order chi connectivity index (χ0) is 23.7. The fourth-order valence-corrected chi connectivity index (χ4v) is 5.36. The zero-order valence-corrected chi connectivity index (χ0v) is 19.8. The van der Waals surface area contributed by atoms with Crippen molar-refractivity contribution in [2.75, 3.05) is 29.8 Å². The van der Waals surface area contributed by atoms with E-state index in [-0.39, 0.29) is 11.8 Å². The smallest absolute Gasteiger partial charge is 0.327 e. The van der Waals surface area contributed by atoms with Gasteiger partial charge in [0.05, 0.1) is 25.6 Å². The van der Waals surface area contributed by atoms with Crippen LogP contribution in [0.1, 0.15) is 30.2 Å². The summed E-state index contributed by atoms with van der Waals surface area (Å²) in [7, 11) is 3.12. The van der Waals surface area contributed by atoms with Crippen molar-refractivity contribution in [3.63, 3.8) is 0 Å². The summed E-state index contributed by atoms with van der Waals surface area (Å²) >= 11 is 1.53. The van der Waals surface area contributed by atoms with Gasteiger partial charge in [0.25, 0.3) is 0 Å². The average Bonchev–Trinajstić information content (AvgIpc) is 3.33. The van der Waals surface area contributed by atoms with Gasteiger partial charge in [-0.05, 0) is 36.4 Å². The first-order valence-electron chi connectivity index (χ1n) is 11.1. The number of fused-ring (bicyclic) bond motifs is 1. The maximum absolute atomic E-state index is 13.9. The summed E-state index contributed by atoms with van der Waals surface area (Å²) in [6.07, 6.45) is 2.03. The Morgan fingerprint density at radius 3 is 2.53 bits per heavy atom. The van der Waals surface area contributed by atoms with Crippen molar-refractivity contribution >= 4 is 40.2 Å². The van der Waals surface area contributed by atoms with E-state index in [2.05, 4.69) is 10.6 Å². The Labute approximate surface area is 202 Å². The van der Waals surface area contributed by atoms with Gasteiger partial charge >= 0.3 is 6.03 Å². The molecule has 0 fully saturated rings. The summed E-state index contributed by atoms with van der Waals surface area (Å²) in [4.78, 5) is 29.8. The summed E-state index contributed by atoms with van der Waals surface area (Å²) in [6, 6.07) is 15.9. The third-order valence-electron chi connectivity index (χ3n) is 6.07. The van der Waals surface area contributed by atoms with E-state index < -0.39 is 6.04 Å². The molecule has 1 unspecified atom stereocenters. The minimum atomic E-state index is -0.536. The minimum absolute atomic E-state index is 0.0702. The molecule has 34 heavy (non-hydrogen) atoms. The average molecular weight is 476 g/mol. The van der Waals surface area contributed by atoms with Gasteiger partial charge in [0.1, 0.15) is 17.5 Å². The van der Waals surface area contributed by atoms with Gasteiger partial charge < -0.3 is 20.1 Å². The quantitative estimate of drug-likeness (QED) is 0.485. The molecule has 3 aromatic rings. The van der Waals surface area contributed by atoms with Gasteiger partial charge in [-0.15, -0.1) is 11.3 Å². The molecule has 1 aromatic heterocycles. The van der Waals surface area contributed by atoms with Crippen molar-refractivity contribution < 1.29 is 19.1 Å². The number of para-hydroxylation sites is 2. The predicted molar refractivity (Wildman–Crippen MR) is 134 cm³/mol. The molecule has 0 bridgehead atoms. The van der Waals surface area contributed by atoms with E-state index in [0.29, 0.717) is 34.9 Å². The summed E-state index contributed by atoms with van der Waals surface area (Å²) < 4.78 is 10.7. The first kappa shape index (κ1) is 22.0. The van der Waals surface area contributed by atoms with E-state index in [4.69, 9.17) is 9.47 Å². The number of hydrogen-bond acceptors (Lipinski definition) is 6. The number of carbonyl (C=O) groups is 2. The molecule has 2 amide bonds. The molecule has 0 spiro atoms. The number of anilines is 3. The predicted octanol–water partition coefficient (Wildman–Crippen LogP) is 5.98. The molecule has 2 N–H and O–H groups in total. The molecule has 0 saturated heterocycles. The van der Waals surface area contributed by atoms with Gasteiger partial charge in [-0.25, -0.2) is 4.79 Å². The standard InChI is InChI=1S/C26H25N3O4S/c1-32-17-13-16(14-18(15-17)33-2)27-26(31)29-21-9-4-3-7-19(21)28-20-8-5-10-22(30)24(20)25(29)23-11-6-12-34-23/h3-4,6-7,9,11-15,25,28H,5,8,10H2,1-2H3,(H,27,31). The maximum atomic E-state index is 13.9. The third kappa shape index (κ3) is 4.01. The van der Waals surface area contributed by atoms with E-state index in [1.807, 2.05) is 41.8 Å². The lowest BCUT2D eigenvalue weighted by Gasteiger charge is -2.33. The molecular formula is C26H25N3O4S. The van der Waals surface area contributed by atoms with Crippen LogP contribution in [0.4, 0.5) is 21.9 Å². The normalized spacial score (nSPS) is 17.3. The Hall–Kier alpha value is -3.78. The summed E-state index contributed by atoms with van der Waals surface area (Å²) in [5, 5.41) is 8.44. The van der Waals surface area contributed by atoms with Gasteiger partial charge in [0, 0.05) is 46.5 Å². The zero-order valence-electron chi connectivity index (χ0n) is 19.0. The number of Topliss-reactive ketones (excluding diaryl/α,β-unsaturated/α-hetero) is 1. The van der Waals surface area contributed by atoms with Crippen LogP contribution in [0.2, 0.25) is 0 Å². The molecule has 1 atom stereocenters. The number of benzene rings is 2. The largest absolute Gasteiger partial charge is 0.497 e. The number of methoxy groups -OCH3 is 2. The first-order chi connectivity index (χ1) is 16.6. The number of ketones is 1. The van der Waals surface area contributed by atoms with Gasteiger partial charge in [-0.2, -0.15) is 0 Å². The van der Waals surface area contributed by atoms with Crippen LogP contribution < -0.4 is 25.0 Å². The Balaban J connectivity index is 1.64. The molecule has 2 heterocycles. The molecule has 7 nitrogen and oxygen atoms in total. The minimum Gasteiger partial charge on any atom is -0.497 e. The monoisotopic (exact) mass is 475 g/mol. The lowest BCUT2D eigenvalue weighted by Crippen LogP contribution is -2.40. The molecule has 2 aliphatic rings. The first-order valence-corrected chi connectivity index (χ1v) is 12.0. The van der Waals surface area contributed by atoms with Crippen LogP contribution in [0.15, 0.2) is 71.2 Å². The molecule has 1 aliphatic heterocycles. The maximum Gasteiger partial charge on any atom is 0.327 e.